The van der Waals surface area contributed by atoms with Gasteiger partial charge in [-0.3, -0.25) is 14.6 Å². The summed E-state index contributed by atoms with van der Waals surface area (Å²) in [6, 6.07) is 17.0. The van der Waals surface area contributed by atoms with Gasteiger partial charge in [0.2, 0.25) is 5.91 Å². The standard InChI is InChI=1S/C29H31N5O3S/c1-17(2)33-14-12-19(16-33)31-27(35)26-25-24-23(11-13-30-28(24)38-26)34(29(36)32-25)22-10-9-21(15-18(22)3)37-20-7-5-4-6-8-20/h4-11,13,15,17,19,25-26H,12,14,16H2,1-3H3,(H,31,35)(H,32,36)/t19?,25?,26-/m1/s1. The molecular weight excluding hydrogens is 498 g/mol. The minimum atomic E-state index is -0.458. The number of aryl methyl sites for hydroxylation is 1. The summed E-state index contributed by atoms with van der Waals surface area (Å²) in [5, 5.41) is 6.67. The molecule has 9 heteroatoms. The summed E-state index contributed by atoms with van der Waals surface area (Å²) in [6.07, 6.45) is 2.65. The van der Waals surface area contributed by atoms with Crippen molar-refractivity contribution in [2.24, 2.45) is 0 Å². The molecule has 3 atom stereocenters. The number of hydrogen-bond acceptors (Lipinski definition) is 6. The molecule has 1 aromatic heterocycles. The molecule has 3 aliphatic heterocycles. The predicted octanol–water partition coefficient (Wildman–Crippen LogP) is 5.16. The first-order valence-corrected chi connectivity index (χ1v) is 13.9. The third-order valence-corrected chi connectivity index (χ3v) is 8.74. The molecule has 6 rings (SSSR count). The number of benzene rings is 2. The number of rotatable bonds is 6. The van der Waals surface area contributed by atoms with Gasteiger partial charge >= 0.3 is 6.03 Å². The number of para-hydroxylation sites is 1. The van der Waals surface area contributed by atoms with E-state index in [1.807, 2.05) is 61.5 Å². The number of carbonyl (C=O) groups is 2. The van der Waals surface area contributed by atoms with Gasteiger partial charge in [-0.25, -0.2) is 9.78 Å². The van der Waals surface area contributed by atoms with Gasteiger partial charge in [-0.15, -0.1) is 0 Å². The number of pyridine rings is 1. The average molecular weight is 530 g/mol. The average Bonchev–Trinajstić information content (AvgIpc) is 3.52. The lowest BCUT2D eigenvalue weighted by molar-refractivity contribution is -0.121. The summed E-state index contributed by atoms with van der Waals surface area (Å²) >= 11 is 1.43. The summed E-state index contributed by atoms with van der Waals surface area (Å²) in [7, 11) is 0. The van der Waals surface area contributed by atoms with Crippen LogP contribution in [0.5, 0.6) is 11.5 Å². The van der Waals surface area contributed by atoms with E-state index in [9.17, 15) is 9.59 Å². The molecule has 0 saturated carbocycles. The van der Waals surface area contributed by atoms with Gasteiger partial charge in [0.15, 0.2) is 0 Å². The van der Waals surface area contributed by atoms with Gasteiger partial charge in [-0.1, -0.05) is 30.0 Å². The van der Waals surface area contributed by atoms with E-state index in [1.54, 1.807) is 11.1 Å². The van der Waals surface area contributed by atoms with Crippen molar-refractivity contribution >= 4 is 35.1 Å². The zero-order valence-corrected chi connectivity index (χ0v) is 22.5. The number of likely N-dealkylation sites (tertiary alicyclic amines) is 1. The van der Waals surface area contributed by atoms with Crippen LogP contribution in [-0.2, 0) is 4.79 Å². The molecule has 3 amide bonds. The van der Waals surface area contributed by atoms with Crippen molar-refractivity contribution in [2.75, 3.05) is 18.0 Å². The number of thioether (sulfide) groups is 1. The topological polar surface area (TPSA) is 86.8 Å². The smallest absolute Gasteiger partial charge is 0.327 e. The van der Waals surface area contributed by atoms with Gasteiger partial charge in [0.25, 0.3) is 0 Å². The van der Waals surface area contributed by atoms with E-state index in [4.69, 9.17) is 4.74 Å². The molecule has 1 saturated heterocycles. The highest BCUT2D eigenvalue weighted by atomic mass is 32.2. The van der Waals surface area contributed by atoms with Gasteiger partial charge in [-0.05, 0) is 69.2 Å². The van der Waals surface area contributed by atoms with Crippen molar-refractivity contribution in [1.82, 2.24) is 20.5 Å². The summed E-state index contributed by atoms with van der Waals surface area (Å²) < 4.78 is 5.98. The number of ether oxygens (including phenoxy) is 1. The van der Waals surface area contributed by atoms with E-state index in [2.05, 4.69) is 34.4 Å². The molecule has 2 unspecified atom stereocenters. The lowest BCUT2D eigenvalue weighted by Gasteiger charge is -2.35. The molecule has 0 aliphatic carbocycles. The van der Waals surface area contributed by atoms with E-state index in [0.29, 0.717) is 11.8 Å². The molecule has 0 bridgehead atoms. The Hall–Kier alpha value is -3.56. The van der Waals surface area contributed by atoms with Crippen LogP contribution in [0.15, 0.2) is 65.8 Å². The quantitative estimate of drug-likeness (QED) is 0.459. The lowest BCUT2D eigenvalue weighted by atomic mass is 9.99. The van der Waals surface area contributed by atoms with Crippen molar-refractivity contribution in [2.45, 2.75) is 55.6 Å². The Kier molecular flexibility index (Phi) is 6.49. The molecule has 0 radical (unpaired) electrons. The number of urea groups is 1. The van der Waals surface area contributed by atoms with E-state index >= 15 is 0 Å². The Morgan fingerprint density at radius 3 is 2.68 bits per heavy atom. The first-order chi connectivity index (χ1) is 18.4. The molecule has 38 heavy (non-hydrogen) atoms. The minimum absolute atomic E-state index is 0.0492. The number of amides is 3. The maximum Gasteiger partial charge on any atom is 0.327 e. The fourth-order valence-electron chi connectivity index (χ4n) is 5.49. The Balaban J connectivity index is 1.24. The molecule has 196 valence electrons. The van der Waals surface area contributed by atoms with Crippen LogP contribution in [0.2, 0.25) is 0 Å². The largest absolute Gasteiger partial charge is 0.457 e. The normalized spacial score (nSPS) is 22.4. The predicted molar refractivity (Wildman–Crippen MR) is 148 cm³/mol. The van der Waals surface area contributed by atoms with E-state index in [1.165, 1.54) is 11.8 Å². The Labute approximate surface area is 226 Å². The maximum atomic E-state index is 13.5. The number of nitrogens with one attached hydrogen (secondary N) is 2. The SMILES string of the molecule is Cc1cc(Oc2ccccc2)ccc1N1C(=O)NC2c3c1ccnc3S[C@H]2C(=O)NC1CCN(C(C)C)C1. The summed E-state index contributed by atoms with van der Waals surface area (Å²) in [4.78, 5) is 35.5. The van der Waals surface area contributed by atoms with Gasteiger partial charge in [0.1, 0.15) is 21.8 Å². The third-order valence-electron chi connectivity index (χ3n) is 7.45. The van der Waals surface area contributed by atoms with E-state index in [-0.39, 0.29) is 18.0 Å². The number of carbonyl (C=O) groups excluding carboxylic acids is 2. The molecule has 2 N–H and O–H groups in total. The van der Waals surface area contributed by atoms with Crippen LogP contribution >= 0.6 is 11.8 Å². The highest BCUT2D eigenvalue weighted by Gasteiger charge is 2.47. The van der Waals surface area contributed by atoms with Crippen LogP contribution in [0, 0.1) is 6.92 Å². The minimum Gasteiger partial charge on any atom is -0.457 e. The molecular formula is C29H31N5O3S. The monoisotopic (exact) mass is 529 g/mol. The van der Waals surface area contributed by atoms with Crippen molar-refractivity contribution in [3.05, 3.63) is 71.9 Å². The maximum absolute atomic E-state index is 13.5. The molecule has 8 nitrogen and oxygen atoms in total. The summed E-state index contributed by atoms with van der Waals surface area (Å²) in [5.41, 5.74) is 3.32. The first-order valence-electron chi connectivity index (χ1n) is 13.0. The van der Waals surface area contributed by atoms with E-state index < -0.39 is 11.3 Å². The number of anilines is 2. The van der Waals surface area contributed by atoms with E-state index in [0.717, 1.165) is 52.8 Å². The van der Waals surface area contributed by atoms with Crippen LogP contribution < -0.4 is 20.3 Å². The molecule has 1 fully saturated rings. The second-order valence-electron chi connectivity index (χ2n) is 10.3. The molecule has 4 heterocycles. The number of hydrogen-bond donors (Lipinski definition) is 2. The fraction of sp³-hybridized carbons (Fsp3) is 0.345. The fourth-order valence-corrected chi connectivity index (χ4v) is 6.72. The molecule has 3 aromatic rings. The molecule has 0 spiro atoms. The Morgan fingerprint density at radius 2 is 1.95 bits per heavy atom. The Morgan fingerprint density at radius 1 is 1.13 bits per heavy atom. The zero-order valence-electron chi connectivity index (χ0n) is 21.7. The molecule has 2 aromatic carbocycles. The van der Waals surface area contributed by atoms with Crippen LogP contribution in [0.4, 0.5) is 16.2 Å². The highest BCUT2D eigenvalue weighted by molar-refractivity contribution is 8.01. The van der Waals surface area contributed by atoms with Crippen molar-refractivity contribution in [1.29, 1.82) is 0 Å². The Bertz CT molecular complexity index is 1380. The van der Waals surface area contributed by atoms with Crippen molar-refractivity contribution in [3.63, 3.8) is 0 Å². The van der Waals surface area contributed by atoms with Gasteiger partial charge in [0.05, 0.1) is 17.4 Å². The molecule has 3 aliphatic rings. The van der Waals surface area contributed by atoms with Crippen LogP contribution in [0.3, 0.4) is 0 Å². The zero-order chi connectivity index (χ0) is 26.4. The second kappa shape index (κ2) is 9.96. The van der Waals surface area contributed by atoms with Crippen LogP contribution in [-0.4, -0.2) is 52.2 Å². The third kappa shape index (κ3) is 4.50. The second-order valence-corrected chi connectivity index (χ2v) is 11.4. The van der Waals surface area contributed by atoms with Gasteiger partial charge in [-0.2, -0.15) is 0 Å². The van der Waals surface area contributed by atoms with Crippen molar-refractivity contribution < 1.29 is 14.3 Å². The van der Waals surface area contributed by atoms with Gasteiger partial charge in [0, 0.05) is 36.9 Å². The van der Waals surface area contributed by atoms with Crippen LogP contribution in [0.25, 0.3) is 0 Å². The highest BCUT2D eigenvalue weighted by Crippen LogP contribution is 2.51. The summed E-state index contributed by atoms with van der Waals surface area (Å²) in [5.74, 6) is 1.40. The lowest BCUT2D eigenvalue weighted by Crippen LogP contribution is -2.50. The van der Waals surface area contributed by atoms with Crippen LogP contribution in [0.1, 0.15) is 37.4 Å². The van der Waals surface area contributed by atoms with Gasteiger partial charge < -0.3 is 15.4 Å². The summed E-state index contributed by atoms with van der Waals surface area (Å²) in [6.45, 7) is 8.15. The number of nitrogens with zero attached hydrogens (tertiary/aromatic N) is 3. The first kappa shape index (κ1) is 24.8. The van der Waals surface area contributed by atoms with Crippen molar-refractivity contribution in [3.8, 4) is 11.5 Å². The number of aromatic nitrogens is 1.